The topological polar surface area (TPSA) is 237 Å². The Labute approximate surface area is 537 Å². The number of aliphatic hydroxyl groups excluding tert-OH is 1. The minimum atomic E-state index is -4.95. The van der Waals surface area contributed by atoms with Gasteiger partial charge in [-0.3, -0.25) is 37.3 Å². The molecule has 0 bridgehead atoms. The molecule has 3 N–H and O–H groups in total. The van der Waals surface area contributed by atoms with Crippen LogP contribution in [-0.2, 0) is 65.4 Å². The summed E-state index contributed by atoms with van der Waals surface area (Å²) >= 11 is 0. The van der Waals surface area contributed by atoms with Crippen molar-refractivity contribution in [3.8, 4) is 0 Å². The summed E-state index contributed by atoms with van der Waals surface area (Å²) in [5.74, 6) is -0.668. The fraction of sp³-hybridized carbons (Fsp3) is 0.942. The van der Waals surface area contributed by atoms with Crippen LogP contribution in [0.3, 0.4) is 0 Å². The number of phosphoric acid groups is 2. The third-order valence-corrected chi connectivity index (χ3v) is 17.9. The van der Waals surface area contributed by atoms with Gasteiger partial charge < -0.3 is 33.8 Å². The zero-order valence-electron chi connectivity index (χ0n) is 57.0. The van der Waals surface area contributed by atoms with Gasteiger partial charge in [-0.25, -0.2) is 9.13 Å². The van der Waals surface area contributed by atoms with Crippen molar-refractivity contribution in [2.75, 3.05) is 39.6 Å². The van der Waals surface area contributed by atoms with E-state index in [1.54, 1.807) is 0 Å². The molecule has 88 heavy (non-hydrogen) atoms. The Hall–Kier alpha value is -1.94. The number of ether oxygens (including phenoxy) is 4. The van der Waals surface area contributed by atoms with Gasteiger partial charge in [0.15, 0.2) is 12.2 Å². The Morgan fingerprint density at radius 3 is 0.773 bits per heavy atom. The lowest BCUT2D eigenvalue weighted by atomic mass is 10.0. The van der Waals surface area contributed by atoms with Crippen LogP contribution in [0.15, 0.2) is 0 Å². The average molecular weight is 1300 g/mol. The predicted molar refractivity (Wildman–Crippen MR) is 354 cm³/mol. The van der Waals surface area contributed by atoms with Crippen LogP contribution in [-0.4, -0.2) is 96.7 Å². The highest BCUT2D eigenvalue weighted by atomic mass is 31.2. The van der Waals surface area contributed by atoms with Crippen LogP contribution in [0.2, 0.25) is 0 Å². The molecule has 0 spiro atoms. The van der Waals surface area contributed by atoms with Crippen LogP contribution in [0.1, 0.15) is 350 Å². The lowest BCUT2D eigenvalue weighted by Gasteiger charge is -2.21. The van der Waals surface area contributed by atoms with E-state index >= 15 is 0 Å². The standard InChI is InChI=1S/C69H134O17P2/c1-7-9-11-13-14-15-16-17-18-21-24-27-30-33-40-46-52-67(72)80-58-65(85-68(73)53-47-41-34-31-28-25-22-19-20-23-26-29-32-38-43-49-61(3)4)60-84-88(77,78)82-56-63(70)55-81-87(75,76)83-59-64(57-79-66(71)51-45-37-12-10-8-2)86-69(74)54-48-42-36-35-39-44-50-62(5)6/h61-65,70H,7-60H2,1-6H3,(H,75,76)(H,77,78)/t63-,64+,65+/m0/s1. The number of unbranched alkanes of at least 4 members (excludes halogenated alkanes) is 38. The quantitative estimate of drug-likeness (QED) is 0.0222. The third-order valence-electron chi connectivity index (χ3n) is 16.0. The maximum Gasteiger partial charge on any atom is 0.472 e. The molecule has 0 aromatic carbocycles. The van der Waals surface area contributed by atoms with Crippen molar-refractivity contribution in [3.63, 3.8) is 0 Å². The molecule has 0 amide bonds. The van der Waals surface area contributed by atoms with Gasteiger partial charge in [0.25, 0.3) is 0 Å². The molecule has 0 heterocycles. The number of hydrogen-bond donors (Lipinski definition) is 3. The van der Waals surface area contributed by atoms with Gasteiger partial charge in [-0.05, 0) is 37.5 Å². The SMILES string of the molecule is CCCCCCCCCCCCCCCCCCC(=O)OC[C@H](COP(=O)(O)OC[C@@H](O)COP(=O)(O)OC[C@@H](COC(=O)CCCCCCC)OC(=O)CCCCCCCCC(C)C)OC(=O)CCCCCCCCCCCCCCCCCC(C)C. The van der Waals surface area contributed by atoms with Gasteiger partial charge in [-0.2, -0.15) is 0 Å². The first-order valence-electron chi connectivity index (χ1n) is 36.0. The van der Waals surface area contributed by atoms with E-state index in [1.807, 2.05) is 0 Å². The highest BCUT2D eigenvalue weighted by Crippen LogP contribution is 2.45. The molecule has 0 saturated heterocycles. The van der Waals surface area contributed by atoms with Crippen molar-refractivity contribution in [2.45, 2.75) is 368 Å². The lowest BCUT2D eigenvalue weighted by Crippen LogP contribution is -2.30. The summed E-state index contributed by atoms with van der Waals surface area (Å²) < 4.78 is 68.0. The van der Waals surface area contributed by atoms with Crippen LogP contribution in [0.5, 0.6) is 0 Å². The van der Waals surface area contributed by atoms with Gasteiger partial charge in [0.05, 0.1) is 26.4 Å². The molecule has 522 valence electrons. The third kappa shape index (κ3) is 62.8. The molecule has 0 fully saturated rings. The number of carbonyl (C=O) groups is 4. The first-order chi connectivity index (χ1) is 42.4. The van der Waals surface area contributed by atoms with Crippen molar-refractivity contribution in [2.24, 2.45) is 11.8 Å². The monoisotopic (exact) mass is 1300 g/mol. The second kappa shape index (κ2) is 61.3. The van der Waals surface area contributed by atoms with Crippen molar-refractivity contribution in [1.82, 2.24) is 0 Å². The van der Waals surface area contributed by atoms with Crippen molar-refractivity contribution >= 4 is 39.5 Å². The van der Waals surface area contributed by atoms with E-state index in [1.165, 1.54) is 161 Å². The molecule has 19 heteroatoms. The summed E-state index contributed by atoms with van der Waals surface area (Å²) in [7, 11) is -9.89. The number of aliphatic hydroxyl groups is 1. The van der Waals surface area contributed by atoms with Gasteiger partial charge in [-0.15, -0.1) is 0 Å². The summed E-state index contributed by atoms with van der Waals surface area (Å²) in [6, 6.07) is 0. The van der Waals surface area contributed by atoms with E-state index in [2.05, 4.69) is 41.5 Å². The normalized spacial score (nSPS) is 14.2. The minimum absolute atomic E-state index is 0.101. The minimum Gasteiger partial charge on any atom is -0.462 e. The zero-order chi connectivity index (χ0) is 65.0. The van der Waals surface area contributed by atoms with Gasteiger partial charge in [-0.1, -0.05) is 298 Å². The first-order valence-corrected chi connectivity index (χ1v) is 39.0. The Morgan fingerprint density at radius 1 is 0.307 bits per heavy atom. The highest BCUT2D eigenvalue weighted by molar-refractivity contribution is 7.47. The summed E-state index contributed by atoms with van der Waals surface area (Å²) in [5, 5.41) is 10.5. The zero-order valence-corrected chi connectivity index (χ0v) is 58.8. The highest BCUT2D eigenvalue weighted by Gasteiger charge is 2.30. The fourth-order valence-corrected chi connectivity index (χ4v) is 12.0. The summed E-state index contributed by atoms with van der Waals surface area (Å²) in [6.07, 6.45) is 46.5. The van der Waals surface area contributed by atoms with Crippen LogP contribution >= 0.6 is 15.6 Å². The van der Waals surface area contributed by atoms with Crippen LogP contribution in [0.25, 0.3) is 0 Å². The number of esters is 4. The number of rotatable bonds is 68. The number of hydrogen-bond acceptors (Lipinski definition) is 15. The predicted octanol–water partition coefficient (Wildman–Crippen LogP) is 19.6. The van der Waals surface area contributed by atoms with Crippen molar-refractivity contribution in [1.29, 1.82) is 0 Å². The molecule has 17 nitrogen and oxygen atoms in total. The maximum absolute atomic E-state index is 13.0. The number of carbonyl (C=O) groups excluding carboxylic acids is 4. The van der Waals surface area contributed by atoms with Crippen LogP contribution in [0.4, 0.5) is 0 Å². The fourth-order valence-electron chi connectivity index (χ4n) is 10.4. The molecule has 0 saturated carbocycles. The lowest BCUT2D eigenvalue weighted by molar-refractivity contribution is -0.161. The van der Waals surface area contributed by atoms with E-state index in [4.69, 9.17) is 37.0 Å². The molecule has 0 radical (unpaired) electrons. The van der Waals surface area contributed by atoms with E-state index in [-0.39, 0.29) is 25.7 Å². The van der Waals surface area contributed by atoms with Gasteiger partial charge in [0, 0.05) is 25.7 Å². The number of phosphoric ester groups is 2. The Morgan fingerprint density at radius 2 is 0.523 bits per heavy atom. The van der Waals surface area contributed by atoms with Gasteiger partial charge in [0.2, 0.25) is 0 Å². The van der Waals surface area contributed by atoms with Crippen LogP contribution < -0.4 is 0 Å². The molecule has 0 aliphatic carbocycles. The maximum atomic E-state index is 13.0. The average Bonchev–Trinajstić information content (AvgIpc) is 3.70. The van der Waals surface area contributed by atoms with Crippen molar-refractivity contribution in [3.05, 3.63) is 0 Å². The summed E-state index contributed by atoms with van der Waals surface area (Å²) in [6.45, 7) is 9.38. The molecule has 0 aromatic rings. The summed E-state index contributed by atoms with van der Waals surface area (Å²) in [4.78, 5) is 72.2. The smallest absolute Gasteiger partial charge is 0.462 e. The molecule has 0 aliphatic rings. The Bertz CT molecular complexity index is 1720. The second-order valence-electron chi connectivity index (χ2n) is 25.9. The molecular formula is C69H134O17P2. The van der Waals surface area contributed by atoms with Gasteiger partial charge >= 0.3 is 39.5 Å². The molecule has 0 rings (SSSR count). The van der Waals surface area contributed by atoms with Gasteiger partial charge in [0.1, 0.15) is 19.3 Å². The molecule has 2 unspecified atom stereocenters. The molecule has 0 aromatic heterocycles. The molecule has 5 atom stereocenters. The van der Waals surface area contributed by atoms with E-state index < -0.39 is 97.5 Å². The second-order valence-corrected chi connectivity index (χ2v) is 28.8. The first kappa shape index (κ1) is 86.1. The van der Waals surface area contributed by atoms with E-state index in [9.17, 15) is 43.2 Å². The van der Waals surface area contributed by atoms with Crippen molar-refractivity contribution < 1.29 is 80.2 Å². The Kier molecular flexibility index (Phi) is 59.9. The van der Waals surface area contributed by atoms with E-state index in [0.29, 0.717) is 31.6 Å². The Balaban J connectivity index is 5.14. The van der Waals surface area contributed by atoms with E-state index in [0.717, 1.165) is 102 Å². The largest absolute Gasteiger partial charge is 0.472 e. The van der Waals surface area contributed by atoms with Crippen LogP contribution in [0, 0.1) is 11.8 Å². The summed E-state index contributed by atoms with van der Waals surface area (Å²) in [5.41, 5.74) is 0. The molecular weight excluding hydrogens is 1160 g/mol. The molecule has 0 aliphatic heterocycles.